The van der Waals surface area contributed by atoms with Crippen LogP contribution in [0.4, 0.5) is 0 Å². The molecule has 0 unspecified atom stereocenters. The Bertz CT molecular complexity index is 285. The van der Waals surface area contributed by atoms with Crippen LogP contribution in [0.5, 0.6) is 0 Å². The van der Waals surface area contributed by atoms with Crippen molar-refractivity contribution in [3.63, 3.8) is 0 Å². The van der Waals surface area contributed by atoms with Gasteiger partial charge in [-0.05, 0) is 6.42 Å². The van der Waals surface area contributed by atoms with Crippen molar-refractivity contribution in [3.8, 4) is 0 Å². The van der Waals surface area contributed by atoms with Gasteiger partial charge in [0.2, 0.25) is 0 Å². The fraction of sp³-hybridized carbons (Fsp3) is 0.947. The van der Waals surface area contributed by atoms with Gasteiger partial charge in [0.1, 0.15) is 6.73 Å². The first kappa shape index (κ1) is 23.7. The van der Waals surface area contributed by atoms with Crippen LogP contribution in [0.3, 0.4) is 0 Å². The second-order valence-corrected chi connectivity index (χ2v) is 6.80. The Morgan fingerprint density at radius 2 is 1.38 bits per heavy atom. The molecule has 1 saturated heterocycles. The van der Waals surface area contributed by atoms with Crippen LogP contribution in [-0.2, 0) is 9.53 Å². The van der Waals surface area contributed by atoms with E-state index in [0.29, 0.717) is 13.2 Å². The minimum absolute atomic E-state index is 0. The summed E-state index contributed by atoms with van der Waals surface area (Å²) in [5, 5.41) is 3.30. The van der Waals surface area contributed by atoms with Gasteiger partial charge in [-0.2, -0.15) is 0 Å². The number of piperazine rings is 1. The Hall–Kier alpha value is -0.320. The van der Waals surface area contributed by atoms with Crippen molar-refractivity contribution in [2.24, 2.45) is 0 Å². The molecule has 1 aliphatic heterocycles. The average Bonchev–Trinajstić information content (AvgIpc) is 2.59. The summed E-state index contributed by atoms with van der Waals surface area (Å²) < 4.78 is 5.33. The van der Waals surface area contributed by atoms with Gasteiger partial charge in [0, 0.05) is 32.6 Å². The third kappa shape index (κ3) is 14.1. The number of halogens is 1. The molecule has 0 aliphatic carbocycles. The Kier molecular flexibility index (Phi) is 17.3. The fourth-order valence-corrected chi connectivity index (χ4v) is 3.01. The van der Waals surface area contributed by atoms with Crippen molar-refractivity contribution in [2.75, 3.05) is 32.9 Å². The number of hydrogen-bond donors (Lipinski definition) is 1. The van der Waals surface area contributed by atoms with Crippen molar-refractivity contribution in [2.45, 2.75) is 84.0 Å². The van der Waals surface area contributed by atoms with E-state index in [9.17, 15) is 4.79 Å². The molecule has 0 aromatic carbocycles. The predicted molar refractivity (Wildman–Crippen MR) is 104 cm³/mol. The molecule has 24 heavy (non-hydrogen) atoms. The minimum Gasteiger partial charge on any atom is -0.449 e. The normalized spacial score (nSPS) is 15.0. The van der Waals surface area contributed by atoms with Crippen LogP contribution in [0, 0.1) is 0 Å². The van der Waals surface area contributed by atoms with Crippen LogP contribution >= 0.6 is 12.4 Å². The van der Waals surface area contributed by atoms with E-state index in [-0.39, 0.29) is 18.4 Å². The van der Waals surface area contributed by atoms with Gasteiger partial charge in [0.25, 0.3) is 0 Å². The van der Waals surface area contributed by atoms with Crippen LogP contribution in [0.2, 0.25) is 0 Å². The van der Waals surface area contributed by atoms with E-state index < -0.39 is 0 Å². The van der Waals surface area contributed by atoms with Crippen molar-refractivity contribution in [3.05, 3.63) is 0 Å². The maximum absolute atomic E-state index is 11.7. The highest BCUT2D eigenvalue weighted by atomic mass is 35.5. The van der Waals surface area contributed by atoms with Gasteiger partial charge in [-0.25, -0.2) is 0 Å². The summed E-state index contributed by atoms with van der Waals surface area (Å²) in [6.45, 7) is 6.68. The summed E-state index contributed by atoms with van der Waals surface area (Å²) in [5.41, 5.74) is 0. The number of esters is 1. The van der Waals surface area contributed by atoms with Crippen LogP contribution in [0.25, 0.3) is 0 Å². The third-order valence-corrected chi connectivity index (χ3v) is 4.60. The van der Waals surface area contributed by atoms with Crippen LogP contribution in [0.1, 0.15) is 84.0 Å². The van der Waals surface area contributed by atoms with E-state index in [1.807, 2.05) is 0 Å². The second-order valence-electron chi connectivity index (χ2n) is 6.80. The lowest BCUT2D eigenvalue weighted by Gasteiger charge is -2.26. The minimum atomic E-state index is -0.0283. The van der Waals surface area contributed by atoms with Gasteiger partial charge >= 0.3 is 5.97 Å². The zero-order valence-electron chi connectivity index (χ0n) is 15.7. The number of nitrogens with one attached hydrogen (secondary N) is 1. The molecule has 1 heterocycles. The number of nitrogens with zero attached hydrogens (tertiary/aromatic N) is 1. The van der Waals surface area contributed by atoms with Gasteiger partial charge in [0.15, 0.2) is 0 Å². The summed E-state index contributed by atoms with van der Waals surface area (Å²) >= 11 is 0. The van der Waals surface area contributed by atoms with Gasteiger partial charge in [-0.1, -0.05) is 71.1 Å². The van der Waals surface area contributed by atoms with Crippen molar-refractivity contribution in [1.29, 1.82) is 0 Å². The molecule has 1 aliphatic rings. The molecule has 0 spiro atoms. The first-order valence-corrected chi connectivity index (χ1v) is 9.91. The molecular formula is C19H39ClN2O2. The van der Waals surface area contributed by atoms with E-state index in [0.717, 1.165) is 32.6 Å². The Morgan fingerprint density at radius 1 is 0.875 bits per heavy atom. The molecule has 0 bridgehead atoms. The molecular weight excluding hydrogens is 324 g/mol. The summed E-state index contributed by atoms with van der Waals surface area (Å²) in [5.74, 6) is -0.0283. The molecule has 1 rings (SSSR count). The van der Waals surface area contributed by atoms with Crippen LogP contribution in [0.15, 0.2) is 0 Å². The molecule has 0 aromatic rings. The van der Waals surface area contributed by atoms with Gasteiger partial charge in [-0.15, -0.1) is 12.4 Å². The number of ether oxygens (including phenoxy) is 1. The molecule has 0 amide bonds. The topological polar surface area (TPSA) is 41.6 Å². The number of unbranched alkanes of at least 4 members (excludes halogenated alkanes) is 10. The number of rotatable bonds is 14. The maximum Gasteiger partial charge on any atom is 0.307 e. The van der Waals surface area contributed by atoms with E-state index in [1.165, 1.54) is 64.2 Å². The van der Waals surface area contributed by atoms with Gasteiger partial charge in [0.05, 0.1) is 0 Å². The Labute approximate surface area is 155 Å². The fourth-order valence-electron chi connectivity index (χ4n) is 3.01. The number of hydrogen-bond acceptors (Lipinski definition) is 4. The maximum atomic E-state index is 11.7. The monoisotopic (exact) mass is 362 g/mol. The summed E-state index contributed by atoms with van der Waals surface area (Å²) in [6, 6.07) is 0. The van der Waals surface area contributed by atoms with E-state index in [1.54, 1.807) is 0 Å². The highest BCUT2D eigenvalue weighted by Crippen LogP contribution is 2.12. The largest absolute Gasteiger partial charge is 0.449 e. The standard InChI is InChI=1S/C19H38N2O2.ClH/c1-2-3-4-5-6-7-8-9-10-11-12-13-19(22)23-18-21-16-14-20-15-17-21;/h20H,2-18H2,1H3;1H. The highest BCUT2D eigenvalue weighted by Gasteiger charge is 2.11. The lowest BCUT2D eigenvalue weighted by molar-refractivity contribution is -0.148. The summed E-state index contributed by atoms with van der Waals surface area (Å²) in [4.78, 5) is 13.9. The average molecular weight is 363 g/mol. The SMILES string of the molecule is CCCCCCCCCCCCCC(=O)OCN1CCNCC1.Cl. The Morgan fingerprint density at radius 3 is 1.92 bits per heavy atom. The molecule has 1 fully saturated rings. The lowest BCUT2D eigenvalue weighted by Crippen LogP contribution is -2.44. The van der Waals surface area contributed by atoms with E-state index in [4.69, 9.17) is 4.74 Å². The van der Waals surface area contributed by atoms with Crippen molar-refractivity contribution >= 4 is 18.4 Å². The van der Waals surface area contributed by atoms with Crippen molar-refractivity contribution in [1.82, 2.24) is 10.2 Å². The third-order valence-electron chi connectivity index (χ3n) is 4.60. The second kappa shape index (κ2) is 17.5. The molecule has 5 heteroatoms. The zero-order valence-corrected chi connectivity index (χ0v) is 16.5. The van der Waals surface area contributed by atoms with Gasteiger partial charge in [-0.3, -0.25) is 9.69 Å². The smallest absolute Gasteiger partial charge is 0.307 e. The van der Waals surface area contributed by atoms with E-state index in [2.05, 4.69) is 17.1 Å². The molecule has 144 valence electrons. The first-order chi connectivity index (χ1) is 11.3. The summed E-state index contributed by atoms with van der Waals surface area (Å²) in [7, 11) is 0. The quantitative estimate of drug-likeness (QED) is 0.364. The lowest BCUT2D eigenvalue weighted by atomic mass is 10.1. The highest BCUT2D eigenvalue weighted by molar-refractivity contribution is 5.85. The van der Waals surface area contributed by atoms with Crippen LogP contribution < -0.4 is 5.32 Å². The van der Waals surface area contributed by atoms with Crippen LogP contribution in [-0.4, -0.2) is 43.8 Å². The number of carbonyl (C=O) groups excluding carboxylic acids is 1. The molecule has 0 radical (unpaired) electrons. The Balaban J connectivity index is 0.00000529. The first-order valence-electron chi connectivity index (χ1n) is 9.91. The van der Waals surface area contributed by atoms with Gasteiger partial charge < -0.3 is 10.1 Å². The zero-order chi connectivity index (χ0) is 16.6. The molecule has 0 saturated carbocycles. The number of carbonyl (C=O) groups is 1. The summed E-state index contributed by atoms with van der Waals surface area (Å²) in [6.07, 6.45) is 15.0. The predicted octanol–water partition coefficient (Wildman–Crippen LogP) is 4.52. The molecule has 4 nitrogen and oxygen atoms in total. The molecule has 0 aromatic heterocycles. The molecule has 1 N–H and O–H groups in total. The van der Waals surface area contributed by atoms with E-state index >= 15 is 0 Å². The van der Waals surface area contributed by atoms with Crippen molar-refractivity contribution < 1.29 is 9.53 Å². The molecule has 0 atom stereocenters.